The molecular weight excluding hydrogens is 270 g/mol. The molecule has 1 N–H and O–H groups in total. The fourth-order valence-electron chi connectivity index (χ4n) is 2.65. The van der Waals surface area contributed by atoms with E-state index < -0.39 is 0 Å². The summed E-state index contributed by atoms with van der Waals surface area (Å²) < 4.78 is 5.71. The second-order valence-electron chi connectivity index (χ2n) is 5.20. The summed E-state index contributed by atoms with van der Waals surface area (Å²) in [5, 5.41) is 4.37. The highest BCUT2D eigenvalue weighted by atomic mass is 35.5. The largest absolute Gasteiger partial charge is 0.493 e. The minimum absolute atomic E-state index is 0.233. The Kier molecular flexibility index (Phi) is 3.95. The molecule has 20 heavy (non-hydrogen) atoms. The molecule has 104 valence electrons. The highest BCUT2D eigenvalue weighted by Crippen LogP contribution is 2.33. The molecule has 0 bridgehead atoms. The first-order valence-corrected chi connectivity index (χ1v) is 7.33. The Hall–Kier alpha value is -1.51. The van der Waals surface area contributed by atoms with Crippen LogP contribution < -0.4 is 10.1 Å². The van der Waals surface area contributed by atoms with Crippen LogP contribution in [0.25, 0.3) is 0 Å². The fraction of sp³-hybridized carbons (Fsp3) is 0.294. The second-order valence-corrected chi connectivity index (χ2v) is 5.60. The third-order valence-electron chi connectivity index (χ3n) is 3.84. The molecule has 3 rings (SSSR count). The molecule has 0 spiro atoms. The lowest BCUT2D eigenvalue weighted by Crippen LogP contribution is -2.25. The van der Waals surface area contributed by atoms with Crippen LogP contribution in [0.2, 0.25) is 5.02 Å². The molecule has 0 saturated carbocycles. The van der Waals surface area contributed by atoms with Crippen LogP contribution in [0.15, 0.2) is 48.5 Å². The number of rotatable bonds is 4. The van der Waals surface area contributed by atoms with Crippen molar-refractivity contribution in [1.29, 1.82) is 0 Å². The van der Waals surface area contributed by atoms with Gasteiger partial charge in [0.2, 0.25) is 0 Å². The van der Waals surface area contributed by atoms with Crippen molar-refractivity contribution in [2.24, 2.45) is 0 Å². The molecule has 1 heterocycles. The standard InChI is InChI=1S/C17H18ClNO/c1-12(14-6-2-4-8-16(14)18)19-10-13-11-20-17-9-5-3-7-15(13)17/h2-9,12-13,19H,10-11H2,1H3/t12-,13?/m1/s1. The number of hydrogen-bond donors (Lipinski definition) is 1. The highest BCUT2D eigenvalue weighted by Gasteiger charge is 2.23. The third kappa shape index (κ3) is 2.67. The highest BCUT2D eigenvalue weighted by molar-refractivity contribution is 6.31. The predicted molar refractivity (Wildman–Crippen MR) is 82.5 cm³/mol. The maximum absolute atomic E-state index is 6.23. The molecule has 1 unspecified atom stereocenters. The lowest BCUT2D eigenvalue weighted by molar-refractivity contribution is 0.323. The van der Waals surface area contributed by atoms with Crippen molar-refractivity contribution in [1.82, 2.24) is 5.32 Å². The second kappa shape index (κ2) is 5.86. The van der Waals surface area contributed by atoms with Crippen LogP contribution in [0.3, 0.4) is 0 Å². The van der Waals surface area contributed by atoms with Crippen LogP contribution in [0.5, 0.6) is 5.75 Å². The monoisotopic (exact) mass is 287 g/mol. The van der Waals surface area contributed by atoms with Crippen molar-refractivity contribution in [3.05, 3.63) is 64.7 Å². The first-order valence-electron chi connectivity index (χ1n) is 6.95. The van der Waals surface area contributed by atoms with Crippen molar-refractivity contribution < 1.29 is 4.74 Å². The van der Waals surface area contributed by atoms with E-state index in [0.717, 1.165) is 29.5 Å². The molecule has 0 aliphatic carbocycles. The number of hydrogen-bond acceptors (Lipinski definition) is 2. The molecule has 0 aromatic heterocycles. The van der Waals surface area contributed by atoms with Gasteiger partial charge in [-0.3, -0.25) is 0 Å². The molecule has 2 aromatic carbocycles. The van der Waals surface area contributed by atoms with Gasteiger partial charge in [0.1, 0.15) is 5.75 Å². The molecule has 1 aliphatic rings. The summed E-state index contributed by atoms with van der Waals surface area (Å²) in [6.45, 7) is 3.79. The molecule has 0 saturated heterocycles. The van der Waals surface area contributed by atoms with E-state index in [1.54, 1.807) is 0 Å². The van der Waals surface area contributed by atoms with E-state index in [1.165, 1.54) is 5.56 Å². The van der Waals surface area contributed by atoms with Crippen LogP contribution in [-0.2, 0) is 0 Å². The molecule has 0 amide bonds. The van der Waals surface area contributed by atoms with E-state index in [1.807, 2.05) is 30.3 Å². The molecule has 2 aromatic rings. The van der Waals surface area contributed by atoms with Crippen LogP contribution in [0.4, 0.5) is 0 Å². The summed E-state index contributed by atoms with van der Waals surface area (Å²) >= 11 is 6.23. The van der Waals surface area contributed by atoms with Gasteiger partial charge in [0, 0.05) is 29.1 Å². The molecular formula is C17H18ClNO. The summed E-state index contributed by atoms with van der Waals surface area (Å²) in [6.07, 6.45) is 0. The average Bonchev–Trinajstić information content (AvgIpc) is 2.88. The number of para-hydroxylation sites is 1. The molecule has 3 heteroatoms. The lowest BCUT2D eigenvalue weighted by atomic mass is 10.0. The predicted octanol–water partition coefficient (Wildman–Crippen LogP) is 4.17. The van der Waals surface area contributed by atoms with Gasteiger partial charge in [-0.1, -0.05) is 48.0 Å². The van der Waals surface area contributed by atoms with Gasteiger partial charge in [0.25, 0.3) is 0 Å². The smallest absolute Gasteiger partial charge is 0.122 e. The van der Waals surface area contributed by atoms with Gasteiger partial charge < -0.3 is 10.1 Å². The van der Waals surface area contributed by atoms with Crippen LogP contribution in [0.1, 0.15) is 30.0 Å². The molecule has 2 atom stereocenters. The number of benzene rings is 2. The fourth-order valence-corrected chi connectivity index (χ4v) is 2.95. The minimum atomic E-state index is 0.233. The maximum Gasteiger partial charge on any atom is 0.122 e. The zero-order chi connectivity index (χ0) is 13.9. The van der Waals surface area contributed by atoms with E-state index in [2.05, 4.69) is 30.4 Å². The summed E-state index contributed by atoms with van der Waals surface area (Å²) in [5.74, 6) is 1.43. The van der Waals surface area contributed by atoms with Crippen molar-refractivity contribution >= 4 is 11.6 Å². The first-order chi connectivity index (χ1) is 9.75. The molecule has 2 nitrogen and oxygen atoms in total. The van der Waals surface area contributed by atoms with Gasteiger partial charge in [-0.25, -0.2) is 0 Å². The normalized spacial score (nSPS) is 18.4. The van der Waals surface area contributed by atoms with Crippen molar-refractivity contribution in [2.45, 2.75) is 18.9 Å². The quantitative estimate of drug-likeness (QED) is 0.911. The average molecular weight is 288 g/mol. The van der Waals surface area contributed by atoms with Crippen molar-refractivity contribution in [3.63, 3.8) is 0 Å². The molecule has 0 fully saturated rings. The third-order valence-corrected chi connectivity index (χ3v) is 4.19. The summed E-state index contributed by atoms with van der Waals surface area (Å²) in [5.41, 5.74) is 2.44. The van der Waals surface area contributed by atoms with Crippen molar-refractivity contribution in [2.75, 3.05) is 13.2 Å². The van der Waals surface area contributed by atoms with E-state index in [0.29, 0.717) is 5.92 Å². The summed E-state index contributed by atoms with van der Waals surface area (Å²) in [4.78, 5) is 0. The van der Waals surface area contributed by atoms with Gasteiger partial charge in [-0.2, -0.15) is 0 Å². The van der Waals surface area contributed by atoms with E-state index in [9.17, 15) is 0 Å². The van der Waals surface area contributed by atoms with Gasteiger partial charge in [0.15, 0.2) is 0 Å². The van der Waals surface area contributed by atoms with Gasteiger partial charge in [-0.15, -0.1) is 0 Å². The van der Waals surface area contributed by atoms with E-state index in [4.69, 9.17) is 16.3 Å². The topological polar surface area (TPSA) is 21.3 Å². The van der Waals surface area contributed by atoms with E-state index >= 15 is 0 Å². The summed E-state index contributed by atoms with van der Waals surface area (Å²) in [7, 11) is 0. The maximum atomic E-state index is 6.23. The lowest BCUT2D eigenvalue weighted by Gasteiger charge is -2.18. The Bertz CT molecular complexity index is 599. The van der Waals surface area contributed by atoms with Crippen LogP contribution in [-0.4, -0.2) is 13.2 Å². The Morgan fingerprint density at radius 1 is 1.20 bits per heavy atom. The molecule has 0 radical (unpaired) electrons. The Morgan fingerprint density at radius 2 is 1.95 bits per heavy atom. The zero-order valence-corrected chi connectivity index (χ0v) is 12.2. The van der Waals surface area contributed by atoms with Gasteiger partial charge >= 0.3 is 0 Å². The SMILES string of the molecule is C[C@@H](NCC1COc2ccccc21)c1ccccc1Cl. The zero-order valence-electron chi connectivity index (χ0n) is 11.5. The Labute approximate surface area is 124 Å². The Balaban J connectivity index is 1.65. The van der Waals surface area contributed by atoms with E-state index in [-0.39, 0.29) is 6.04 Å². The van der Waals surface area contributed by atoms with Crippen LogP contribution in [0, 0.1) is 0 Å². The number of halogens is 1. The van der Waals surface area contributed by atoms with Gasteiger partial charge in [0.05, 0.1) is 6.61 Å². The Morgan fingerprint density at radius 3 is 2.80 bits per heavy atom. The summed E-state index contributed by atoms with van der Waals surface area (Å²) in [6, 6.07) is 16.5. The van der Waals surface area contributed by atoms with Gasteiger partial charge in [-0.05, 0) is 24.6 Å². The number of fused-ring (bicyclic) bond motifs is 1. The number of ether oxygens (including phenoxy) is 1. The molecule has 1 aliphatic heterocycles. The minimum Gasteiger partial charge on any atom is -0.493 e. The number of nitrogens with one attached hydrogen (secondary N) is 1. The van der Waals surface area contributed by atoms with Crippen LogP contribution >= 0.6 is 11.6 Å². The first kappa shape index (κ1) is 13.5. The van der Waals surface area contributed by atoms with Crippen molar-refractivity contribution in [3.8, 4) is 5.75 Å².